The zero-order chi connectivity index (χ0) is 10.1. The number of carboxylic acid groups (broad SMARTS) is 1. The number of halogens is 2. The summed E-state index contributed by atoms with van der Waals surface area (Å²) in [6.45, 7) is 0. The highest BCUT2D eigenvalue weighted by atomic mass is 35.5. The predicted molar refractivity (Wildman–Crippen MR) is 64.5 cm³/mol. The molecule has 86 valence electrons. The molecule has 0 bridgehead atoms. The standard InChI is InChI=1S/C10H7NO3.2ClH/c12-9-6-3-1-2-4-8(6)11-5-7(9)10(13)14;;/h1-5,7H,(H,13,14);2*1H. The molecule has 0 aliphatic carbocycles. The molecule has 0 radical (unpaired) electrons. The summed E-state index contributed by atoms with van der Waals surface area (Å²) in [5.41, 5.74) is 0.914. The summed E-state index contributed by atoms with van der Waals surface area (Å²) < 4.78 is 0. The van der Waals surface area contributed by atoms with Gasteiger partial charge in [-0.25, -0.2) is 0 Å². The molecule has 1 aromatic carbocycles. The van der Waals surface area contributed by atoms with Crippen molar-refractivity contribution in [2.75, 3.05) is 0 Å². The van der Waals surface area contributed by atoms with E-state index in [1.165, 1.54) is 6.21 Å². The Morgan fingerprint density at radius 2 is 1.88 bits per heavy atom. The lowest BCUT2D eigenvalue weighted by Gasteiger charge is -2.13. The average Bonchev–Trinajstić information content (AvgIpc) is 2.18. The molecule has 0 aromatic heterocycles. The van der Waals surface area contributed by atoms with E-state index in [1.807, 2.05) is 0 Å². The fourth-order valence-corrected chi connectivity index (χ4v) is 1.36. The summed E-state index contributed by atoms with van der Waals surface area (Å²) >= 11 is 0. The smallest absolute Gasteiger partial charge is 0.319 e. The van der Waals surface area contributed by atoms with Crippen LogP contribution in [0.1, 0.15) is 10.4 Å². The van der Waals surface area contributed by atoms with Crippen molar-refractivity contribution in [3.8, 4) is 0 Å². The number of carboxylic acids is 1. The van der Waals surface area contributed by atoms with Gasteiger partial charge in [-0.05, 0) is 12.1 Å². The molecule has 16 heavy (non-hydrogen) atoms. The number of nitrogens with zero attached hydrogens (tertiary/aromatic N) is 1. The molecule has 0 spiro atoms. The van der Waals surface area contributed by atoms with Crippen molar-refractivity contribution in [3.05, 3.63) is 29.8 Å². The van der Waals surface area contributed by atoms with E-state index in [0.717, 1.165) is 0 Å². The molecular formula is C10H9Cl2NO3. The summed E-state index contributed by atoms with van der Waals surface area (Å²) in [6, 6.07) is 6.72. The maximum Gasteiger partial charge on any atom is 0.319 e. The van der Waals surface area contributed by atoms with Gasteiger partial charge in [-0.2, -0.15) is 0 Å². The van der Waals surface area contributed by atoms with Crippen molar-refractivity contribution in [2.24, 2.45) is 10.9 Å². The number of rotatable bonds is 1. The average molecular weight is 262 g/mol. The van der Waals surface area contributed by atoms with Crippen molar-refractivity contribution in [1.29, 1.82) is 0 Å². The Bertz CT molecular complexity index is 445. The molecule has 1 heterocycles. The van der Waals surface area contributed by atoms with Gasteiger partial charge in [0.1, 0.15) is 0 Å². The number of aliphatic imine (C=N–C) groups is 1. The van der Waals surface area contributed by atoms with Gasteiger partial charge in [0.15, 0.2) is 11.7 Å². The van der Waals surface area contributed by atoms with Crippen LogP contribution in [0.25, 0.3) is 0 Å². The number of carbonyl (C=O) groups excluding carboxylic acids is 1. The zero-order valence-electron chi connectivity index (χ0n) is 7.99. The van der Waals surface area contributed by atoms with E-state index in [9.17, 15) is 9.59 Å². The lowest BCUT2D eigenvalue weighted by Crippen LogP contribution is -2.27. The molecule has 1 N–H and O–H groups in total. The summed E-state index contributed by atoms with van der Waals surface area (Å²) in [4.78, 5) is 26.2. The molecule has 1 aliphatic rings. The predicted octanol–water partition coefficient (Wildman–Crippen LogP) is 2.13. The number of ketones is 1. The van der Waals surface area contributed by atoms with Crippen molar-refractivity contribution >= 4 is 48.5 Å². The van der Waals surface area contributed by atoms with E-state index >= 15 is 0 Å². The molecule has 0 saturated heterocycles. The van der Waals surface area contributed by atoms with E-state index in [-0.39, 0.29) is 24.8 Å². The second-order valence-electron chi connectivity index (χ2n) is 2.98. The zero-order valence-corrected chi connectivity index (χ0v) is 9.62. The van der Waals surface area contributed by atoms with E-state index in [2.05, 4.69) is 4.99 Å². The topological polar surface area (TPSA) is 66.7 Å². The van der Waals surface area contributed by atoms with Gasteiger partial charge >= 0.3 is 5.97 Å². The van der Waals surface area contributed by atoms with Crippen molar-refractivity contribution in [1.82, 2.24) is 0 Å². The highest BCUT2D eigenvalue weighted by Crippen LogP contribution is 2.25. The van der Waals surface area contributed by atoms with Crippen LogP contribution >= 0.6 is 24.8 Å². The summed E-state index contributed by atoms with van der Waals surface area (Å²) in [5.74, 6) is -2.69. The highest BCUT2D eigenvalue weighted by molar-refractivity contribution is 6.21. The molecular weight excluding hydrogens is 253 g/mol. The minimum absolute atomic E-state index is 0. The number of aliphatic carboxylic acids is 1. The van der Waals surface area contributed by atoms with Crippen LogP contribution in [0.15, 0.2) is 29.3 Å². The second-order valence-corrected chi connectivity index (χ2v) is 2.98. The molecule has 6 heteroatoms. The molecule has 4 nitrogen and oxygen atoms in total. The van der Waals surface area contributed by atoms with E-state index < -0.39 is 17.7 Å². The van der Waals surface area contributed by atoms with Gasteiger partial charge in [-0.3, -0.25) is 14.6 Å². The Balaban J connectivity index is 0.00000112. The van der Waals surface area contributed by atoms with E-state index in [1.54, 1.807) is 24.3 Å². The SMILES string of the molecule is Cl.Cl.O=C(O)C1C=Nc2ccccc2C1=O. The molecule has 0 saturated carbocycles. The molecule has 0 fully saturated rings. The van der Waals surface area contributed by atoms with Crippen LogP contribution in [-0.2, 0) is 4.79 Å². The lowest BCUT2D eigenvalue weighted by molar-refractivity contribution is -0.137. The molecule has 0 amide bonds. The number of fused-ring (bicyclic) bond motifs is 1. The number of benzene rings is 1. The summed E-state index contributed by atoms with van der Waals surface area (Å²) in [7, 11) is 0. The Morgan fingerprint density at radius 3 is 2.50 bits per heavy atom. The van der Waals surface area contributed by atoms with Gasteiger partial charge in [-0.1, -0.05) is 12.1 Å². The van der Waals surface area contributed by atoms with Crippen LogP contribution in [-0.4, -0.2) is 23.1 Å². The largest absolute Gasteiger partial charge is 0.480 e. The highest BCUT2D eigenvalue weighted by Gasteiger charge is 2.29. The molecule has 1 unspecified atom stereocenters. The quantitative estimate of drug-likeness (QED) is 0.788. The van der Waals surface area contributed by atoms with Crippen LogP contribution in [0.5, 0.6) is 0 Å². The Hall–Kier alpha value is -1.39. The first-order valence-electron chi connectivity index (χ1n) is 4.10. The number of hydrogen-bond acceptors (Lipinski definition) is 3. The number of hydrogen-bond donors (Lipinski definition) is 1. The normalized spacial score (nSPS) is 16.8. The second kappa shape index (κ2) is 5.63. The first kappa shape index (κ1) is 14.6. The van der Waals surface area contributed by atoms with E-state index in [4.69, 9.17) is 5.11 Å². The maximum absolute atomic E-state index is 11.6. The van der Waals surface area contributed by atoms with Crippen molar-refractivity contribution < 1.29 is 14.7 Å². The Morgan fingerprint density at radius 1 is 1.25 bits per heavy atom. The molecule has 2 rings (SSSR count). The summed E-state index contributed by atoms with van der Waals surface area (Å²) in [6.07, 6.45) is 1.17. The third kappa shape index (κ3) is 2.40. The number of para-hydroxylation sites is 1. The Kier molecular flexibility index (Phi) is 5.14. The van der Waals surface area contributed by atoms with Crippen LogP contribution in [0, 0.1) is 5.92 Å². The lowest BCUT2D eigenvalue weighted by atomic mass is 9.95. The Labute approximate surface area is 104 Å². The molecule has 1 aromatic rings. The van der Waals surface area contributed by atoms with Crippen LogP contribution in [0.2, 0.25) is 0 Å². The van der Waals surface area contributed by atoms with Crippen LogP contribution in [0.4, 0.5) is 5.69 Å². The molecule has 1 aliphatic heterocycles. The third-order valence-electron chi connectivity index (χ3n) is 2.08. The van der Waals surface area contributed by atoms with Gasteiger partial charge in [-0.15, -0.1) is 24.8 Å². The van der Waals surface area contributed by atoms with E-state index in [0.29, 0.717) is 11.3 Å². The van der Waals surface area contributed by atoms with Crippen LogP contribution < -0.4 is 0 Å². The minimum Gasteiger partial charge on any atom is -0.480 e. The van der Waals surface area contributed by atoms with Crippen LogP contribution in [0.3, 0.4) is 0 Å². The fraction of sp³-hybridized carbons (Fsp3) is 0.100. The number of carbonyl (C=O) groups is 2. The van der Waals surface area contributed by atoms with Gasteiger partial charge in [0.25, 0.3) is 0 Å². The minimum atomic E-state index is -1.16. The summed E-state index contributed by atoms with van der Waals surface area (Å²) in [5, 5.41) is 8.72. The maximum atomic E-state index is 11.6. The first-order chi connectivity index (χ1) is 6.70. The molecule has 1 atom stereocenters. The monoisotopic (exact) mass is 261 g/mol. The van der Waals surface area contributed by atoms with Gasteiger partial charge in [0.2, 0.25) is 0 Å². The number of Topliss-reactive ketones (excluding diaryl/α,β-unsaturated/α-hetero) is 1. The first-order valence-corrected chi connectivity index (χ1v) is 4.10. The van der Waals surface area contributed by atoms with Crippen molar-refractivity contribution in [3.63, 3.8) is 0 Å². The third-order valence-corrected chi connectivity index (χ3v) is 2.08. The van der Waals surface area contributed by atoms with Crippen molar-refractivity contribution in [2.45, 2.75) is 0 Å². The van der Waals surface area contributed by atoms with Gasteiger partial charge in [0.05, 0.1) is 5.69 Å². The van der Waals surface area contributed by atoms with Gasteiger partial charge < -0.3 is 5.11 Å². The fourth-order valence-electron chi connectivity index (χ4n) is 1.36. The van der Waals surface area contributed by atoms with Gasteiger partial charge in [0, 0.05) is 11.8 Å².